The number of nitrogens with zero attached hydrogens (tertiary/aromatic N) is 2. The Labute approximate surface area is 126 Å². The van der Waals surface area contributed by atoms with Gasteiger partial charge in [0.15, 0.2) is 5.82 Å². The van der Waals surface area contributed by atoms with E-state index in [1.54, 1.807) is 0 Å². The lowest BCUT2D eigenvalue weighted by Gasteiger charge is -2.14. The maximum absolute atomic E-state index is 5.82. The first kappa shape index (κ1) is 15.8. The van der Waals surface area contributed by atoms with Crippen molar-refractivity contribution in [3.8, 4) is 0 Å². The Balaban J connectivity index is 1.78. The highest BCUT2D eigenvalue weighted by Gasteiger charge is 2.18. The van der Waals surface area contributed by atoms with Crippen LogP contribution in [0.3, 0.4) is 0 Å². The van der Waals surface area contributed by atoms with Gasteiger partial charge in [-0.2, -0.15) is 16.7 Å². The lowest BCUT2D eigenvalue weighted by molar-refractivity contribution is 0.330. The van der Waals surface area contributed by atoms with Gasteiger partial charge in [-0.15, -0.1) is 0 Å². The molecule has 2 N–H and O–H groups in total. The molecule has 1 aliphatic carbocycles. The molecule has 0 radical (unpaired) electrons. The van der Waals surface area contributed by atoms with E-state index in [9.17, 15) is 0 Å². The van der Waals surface area contributed by atoms with E-state index in [4.69, 9.17) is 10.3 Å². The SMILES string of the molecule is CC(C)CC(CN)Cc1nc(CSC2CCCC2)no1. The predicted octanol–water partition coefficient (Wildman–Crippen LogP) is 3.41. The Morgan fingerprint density at radius 1 is 1.35 bits per heavy atom. The number of nitrogens with two attached hydrogens (primary N) is 1. The van der Waals surface area contributed by atoms with Crippen LogP contribution in [-0.2, 0) is 12.2 Å². The Morgan fingerprint density at radius 3 is 2.75 bits per heavy atom. The summed E-state index contributed by atoms with van der Waals surface area (Å²) < 4.78 is 5.36. The van der Waals surface area contributed by atoms with E-state index in [1.807, 2.05) is 11.8 Å². The maximum Gasteiger partial charge on any atom is 0.226 e. The standard InChI is InChI=1S/C15H27N3OS/c1-11(2)7-12(9-16)8-15-17-14(18-19-15)10-20-13-5-3-4-6-13/h11-13H,3-10,16H2,1-2H3. The van der Waals surface area contributed by atoms with E-state index in [0.717, 1.165) is 35.6 Å². The third kappa shape index (κ3) is 5.09. The molecule has 1 fully saturated rings. The fourth-order valence-corrected chi connectivity index (χ4v) is 4.02. The molecule has 1 unspecified atom stereocenters. The van der Waals surface area contributed by atoms with Crippen molar-refractivity contribution in [2.75, 3.05) is 6.54 Å². The van der Waals surface area contributed by atoms with Crippen molar-refractivity contribution in [1.29, 1.82) is 0 Å². The van der Waals surface area contributed by atoms with Crippen molar-refractivity contribution < 1.29 is 4.52 Å². The molecule has 0 spiro atoms. The molecule has 1 saturated carbocycles. The monoisotopic (exact) mass is 297 g/mol. The van der Waals surface area contributed by atoms with Crippen molar-refractivity contribution >= 4 is 11.8 Å². The minimum atomic E-state index is 0.450. The third-order valence-corrected chi connectivity index (χ3v) is 5.23. The molecular formula is C15H27N3OS. The van der Waals surface area contributed by atoms with Gasteiger partial charge in [-0.25, -0.2) is 0 Å². The van der Waals surface area contributed by atoms with Crippen molar-refractivity contribution in [2.45, 2.75) is 63.4 Å². The largest absolute Gasteiger partial charge is 0.339 e. The summed E-state index contributed by atoms with van der Waals surface area (Å²) in [7, 11) is 0. The molecule has 5 heteroatoms. The van der Waals surface area contributed by atoms with Gasteiger partial charge in [0.1, 0.15) is 0 Å². The van der Waals surface area contributed by atoms with E-state index in [2.05, 4.69) is 24.0 Å². The maximum atomic E-state index is 5.82. The molecule has 4 nitrogen and oxygen atoms in total. The van der Waals surface area contributed by atoms with E-state index in [0.29, 0.717) is 18.4 Å². The first-order chi connectivity index (χ1) is 9.67. The van der Waals surface area contributed by atoms with Crippen LogP contribution in [0.5, 0.6) is 0 Å². The Hall–Kier alpha value is -0.550. The zero-order chi connectivity index (χ0) is 14.4. The van der Waals surface area contributed by atoms with Gasteiger partial charge >= 0.3 is 0 Å². The summed E-state index contributed by atoms with van der Waals surface area (Å²) in [5, 5.41) is 4.90. The molecule has 0 amide bonds. The number of thioether (sulfide) groups is 1. The van der Waals surface area contributed by atoms with E-state index in [-0.39, 0.29) is 0 Å². The second-order valence-electron chi connectivity index (χ2n) is 6.26. The summed E-state index contributed by atoms with van der Waals surface area (Å²) in [6.45, 7) is 5.13. The van der Waals surface area contributed by atoms with Gasteiger partial charge in [0.25, 0.3) is 0 Å². The zero-order valence-electron chi connectivity index (χ0n) is 12.7. The molecule has 0 bridgehead atoms. The molecule has 0 aliphatic heterocycles. The molecule has 1 heterocycles. The Morgan fingerprint density at radius 2 is 2.10 bits per heavy atom. The van der Waals surface area contributed by atoms with Gasteiger partial charge in [-0.05, 0) is 37.6 Å². The third-order valence-electron chi connectivity index (χ3n) is 3.86. The van der Waals surface area contributed by atoms with Gasteiger partial charge in [-0.3, -0.25) is 0 Å². The van der Waals surface area contributed by atoms with Crippen LogP contribution in [0.25, 0.3) is 0 Å². The summed E-state index contributed by atoms with van der Waals surface area (Å²) in [6, 6.07) is 0. The Kier molecular flexibility index (Phi) is 6.36. The quantitative estimate of drug-likeness (QED) is 0.796. The molecule has 114 valence electrons. The topological polar surface area (TPSA) is 64.9 Å². The van der Waals surface area contributed by atoms with Crippen LogP contribution >= 0.6 is 11.8 Å². The highest BCUT2D eigenvalue weighted by atomic mass is 32.2. The van der Waals surface area contributed by atoms with Crippen LogP contribution < -0.4 is 5.73 Å². The van der Waals surface area contributed by atoms with Crippen molar-refractivity contribution in [3.05, 3.63) is 11.7 Å². The second-order valence-corrected chi connectivity index (χ2v) is 7.55. The summed E-state index contributed by atoms with van der Waals surface area (Å²) >= 11 is 1.98. The summed E-state index contributed by atoms with van der Waals surface area (Å²) in [5.74, 6) is 3.58. The van der Waals surface area contributed by atoms with Gasteiger partial charge in [-0.1, -0.05) is 31.8 Å². The predicted molar refractivity (Wildman–Crippen MR) is 83.6 cm³/mol. The Bertz CT molecular complexity index is 388. The summed E-state index contributed by atoms with van der Waals surface area (Å²) in [6.07, 6.45) is 7.38. The molecule has 1 aromatic heterocycles. The van der Waals surface area contributed by atoms with E-state index in [1.165, 1.54) is 25.7 Å². The van der Waals surface area contributed by atoms with Crippen LogP contribution in [0, 0.1) is 11.8 Å². The van der Waals surface area contributed by atoms with E-state index < -0.39 is 0 Å². The van der Waals surface area contributed by atoms with Gasteiger partial charge in [0.05, 0.1) is 5.75 Å². The van der Waals surface area contributed by atoms with Gasteiger partial charge < -0.3 is 10.3 Å². The molecule has 1 aromatic rings. The summed E-state index contributed by atoms with van der Waals surface area (Å²) in [5.41, 5.74) is 5.82. The minimum absolute atomic E-state index is 0.450. The van der Waals surface area contributed by atoms with Gasteiger partial charge in [0.2, 0.25) is 5.89 Å². The highest BCUT2D eigenvalue weighted by Crippen LogP contribution is 2.31. The molecule has 1 aliphatic rings. The van der Waals surface area contributed by atoms with Crippen molar-refractivity contribution in [2.24, 2.45) is 17.6 Å². The lowest BCUT2D eigenvalue weighted by Crippen LogP contribution is -2.19. The molecule has 0 aromatic carbocycles. The van der Waals surface area contributed by atoms with Crippen molar-refractivity contribution in [3.63, 3.8) is 0 Å². The first-order valence-electron chi connectivity index (χ1n) is 7.80. The lowest BCUT2D eigenvalue weighted by atomic mass is 9.94. The molecular weight excluding hydrogens is 270 g/mol. The number of hydrogen-bond donors (Lipinski definition) is 1. The zero-order valence-corrected chi connectivity index (χ0v) is 13.5. The fraction of sp³-hybridized carbons (Fsp3) is 0.867. The van der Waals surface area contributed by atoms with Crippen LogP contribution in [0.4, 0.5) is 0 Å². The number of rotatable bonds is 8. The molecule has 20 heavy (non-hydrogen) atoms. The normalized spacial score (nSPS) is 18.0. The average molecular weight is 297 g/mol. The molecule has 0 saturated heterocycles. The first-order valence-corrected chi connectivity index (χ1v) is 8.85. The highest BCUT2D eigenvalue weighted by molar-refractivity contribution is 7.99. The van der Waals surface area contributed by atoms with Crippen LogP contribution in [-0.4, -0.2) is 21.9 Å². The van der Waals surface area contributed by atoms with Gasteiger partial charge in [0, 0.05) is 11.7 Å². The fourth-order valence-electron chi connectivity index (χ4n) is 2.86. The van der Waals surface area contributed by atoms with Crippen LogP contribution in [0.2, 0.25) is 0 Å². The van der Waals surface area contributed by atoms with Crippen LogP contribution in [0.1, 0.15) is 57.7 Å². The smallest absolute Gasteiger partial charge is 0.226 e. The average Bonchev–Trinajstić information content (AvgIpc) is 3.06. The summed E-state index contributed by atoms with van der Waals surface area (Å²) in [4.78, 5) is 4.51. The number of aromatic nitrogens is 2. The van der Waals surface area contributed by atoms with Crippen LogP contribution in [0.15, 0.2) is 4.52 Å². The minimum Gasteiger partial charge on any atom is -0.339 e. The van der Waals surface area contributed by atoms with E-state index >= 15 is 0 Å². The molecule has 2 rings (SSSR count). The molecule has 1 atom stereocenters. The number of hydrogen-bond acceptors (Lipinski definition) is 5. The van der Waals surface area contributed by atoms with Crippen molar-refractivity contribution in [1.82, 2.24) is 10.1 Å². The second kappa shape index (κ2) is 8.03.